The van der Waals surface area contributed by atoms with Gasteiger partial charge in [-0.2, -0.15) is 0 Å². The summed E-state index contributed by atoms with van der Waals surface area (Å²) in [4.78, 5) is 0. The number of benzene rings is 2. The summed E-state index contributed by atoms with van der Waals surface area (Å²) >= 11 is 2.09. The third kappa shape index (κ3) is 3.78. The maximum atomic E-state index is 5.60. The van der Waals surface area contributed by atoms with E-state index in [4.69, 9.17) is 9.47 Å². The molecule has 0 bridgehead atoms. The van der Waals surface area contributed by atoms with Crippen LogP contribution in [0.5, 0.6) is 11.5 Å². The van der Waals surface area contributed by atoms with Crippen LogP contribution < -0.4 is 9.47 Å². The van der Waals surface area contributed by atoms with Gasteiger partial charge in [0.1, 0.15) is 11.5 Å². The van der Waals surface area contributed by atoms with E-state index in [1.807, 2.05) is 60.7 Å². The normalized spacial score (nSPS) is 9.47. The Kier molecular flexibility index (Phi) is 4.44. The molecule has 0 N–H and O–H groups in total. The Balaban J connectivity index is 2.04. The zero-order valence-corrected chi connectivity index (χ0v) is 11.2. The molecule has 0 aliphatic rings. The third-order valence-electron chi connectivity index (χ3n) is 2.01. The predicted molar refractivity (Wildman–Crippen MR) is 76.2 cm³/mol. The molecule has 0 spiro atoms. The van der Waals surface area contributed by atoms with Crippen molar-refractivity contribution in [3.8, 4) is 11.5 Å². The number of hydrogen-bond acceptors (Lipinski definition) is 2. The van der Waals surface area contributed by atoms with E-state index in [-0.39, 0.29) is 0 Å². The average Bonchev–Trinajstić information content (AvgIpc) is 2.40. The lowest BCUT2D eigenvalue weighted by Gasteiger charge is -2.10. The number of ether oxygens (including phenoxy) is 2. The van der Waals surface area contributed by atoms with Gasteiger partial charge in [-0.05, 0) is 46.9 Å². The first-order valence-corrected chi connectivity index (χ1v) is 6.39. The van der Waals surface area contributed by atoms with E-state index in [0.717, 1.165) is 11.5 Å². The minimum Gasteiger partial charge on any atom is -0.426 e. The summed E-state index contributed by atoms with van der Waals surface area (Å²) in [6, 6.07) is 19.1. The van der Waals surface area contributed by atoms with E-state index in [9.17, 15) is 0 Å². The molecule has 2 aromatic rings. The van der Waals surface area contributed by atoms with Crippen LogP contribution >= 0.6 is 22.6 Å². The van der Waals surface area contributed by atoms with Gasteiger partial charge in [0.05, 0.1) is 4.08 Å². The van der Waals surface area contributed by atoms with Crippen LogP contribution in [0.3, 0.4) is 0 Å². The second kappa shape index (κ2) is 6.30. The van der Waals surface area contributed by atoms with Crippen molar-refractivity contribution in [3.63, 3.8) is 0 Å². The van der Waals surface area contributed by atoms with E-state index in [1.165, 1.54) is 0 Å². The maximum Gasteiger partial charge on any atom is 0.296 e. The van der Waals surface area contributed by atoms with Crippen LogP contribution in [0.4, 0.5) is 0 Å². The summed E-state index contributed by atoms with van der Waals surface area (Å²) in [5.74, 6) is 1.97. The van der Waals surface area contributed by atoms with Crippen molar-refractivity contribution in [3.05, 3.63) is 70.7 Å². The summed E-state index contributed by atoms with van der Waals surface area (Å²) in [6.07, 6.45) is 0. The number of hydrogen-bond donors (Lipinski definition) is 0. The van der Waals surface area contributed by atoms with E-state index < -0.39 is 0 Å². The molecule has 0 saturated heterocycles. The third-order valence-corrected chi connectivity index (χ3v) is 2.52. The van der Waals surface area contributed by atoms with Crippen molar-refractivity contribution >= 4 is 22.6 Å². The molecule has 2 aromatic carbocycles. The van der Waals surface area contributed by atoms with E-state index in [2.05, 4.69) is 22.6 Å². The first-order chi connectivity index (χ1) is 8.38. The molecule has 3 heteroatoms. The standard InChI is InChI=1S/C14H11IO2/c15-11-14(16-12-7-3-1-4-8-12)17-13-9-5-2-6-10-13/h1-11H. The molecule has 0 aromatic heterocycles. The summed E-state index contributed by atoms with van der Waals surface area (Å²) in [6.45, 7) is 0. The second-order valence-electron chi connectivity index (χ2n) is 3.26. The van der Waals surface area contributed by atoms with Gasteiger partial charge in [-0.25, -0.2) is 0 Å². The van der Waals surface area contributed by atoms with Crippen LogP contribution in [-0.4, -0.2) is 0 Å². The minimum absolute atomic E-state index is 0.461. The average molecular weight is 338 g/mol. The molecular weight excluding hydrogens is 327 g/mol. The molecule has 0 saturated carbocycles. The zero-order chi connectivity index (χ0) is 11.9. The Bertz CT molecular complexity index is 437. The fourth-order valence-electron chi connectivity index (χ4n) is 1.27. The van der Waals surface area contributed by atoms with Crippen molar-refractivity contribution in [1.82, 2.24) is 0 Å². The summed E-state index contributed by atoms with van der Waals surface area (Å²) in [5.41, 5.74) is 0. The monoisotopic (exact) mass is 338 g/mol. The van der Waals surface area contributed by atoms with Crippen LogP contribution in [0.15, 0.2) is 70.7 Å². The molecule has 0 atom stereocenters. The van der Waals surface area contributed by atoms with Gasteiger partial charge in [0.25, 0.3) is 5.95 Å². The van der Waals surface area contributed by atoms with Gasteiger partial charge in [0, 0.05) is 0 Å². The van der Waals surface area contributed by atoms with Gasteiger partial charge in [-0.15, -0.1) is 0 Å². The van der Waals surface area contributed by atoms with Gasteiger partial charge >= 0.3 is 0 Å². The van der Waals surface area contributed by atoms with Crippen molar-refractivity contribution < 1.29 is 9.47 Å². The van der Waals surface area contributed by atoms with Gasteiger partial charge in [-0.1, -0.05) is 36.4 Å². The largest absolute Gasteiger partial charge is 0.426 e. The lowest BCUT2D eigenvalue weighted by Crippen LogP contribution is -2.02. The summed E-state index contributed by atoms with van der Waals surface area (Å²) in [7, 11) is 0. The molecular formula is C14H11IO2. The van der Waals surface area contributed by atoms with Gasteiger partial charge in [0.2, 0.25) is 0 Å². The Morgan fingerprint density at radius 2 is 1.18 bits per heavy atom. The molecule has 86 valence electrons. The highest BCUT2D eigenvalue weighted by atomic mass is 127. The highest BCUT2D eigenvalue weighted by molar-refractivity contribution is 14.1. The van der Waals surface area contributed by atoms with E-state index in [1.54, 1.807) is 4.08 Å². The van der Waals surface area contributed by atoms with E-state index >= 15 is 0 Å². The molecule has 2 rings (SSSR count). The zero-order valence-electron chi connectivity index (χ0n) is 9.05. The molecule has 0 aliphatic carbocycles. The molecule has 0 aliphatic heterocycles. The molecule has 0 radical (unpaired) electrons. The fraction of sp³-hybridized carbons (Fsp3) is 0. The molecule has 0 heterocycles. The molecule has 0 unspecified atom stereocenters. The second-order valence-corrected chi connectivity index (χ2v) is 3.88. The summed E-state index contributed by atoms with van der Waals surface area (Å²) in [5, 5.41) is 0. The lowest BCUT2D eigenvalue weighted by molar-refractivity contribution is 0.228. The van der Waals surface area contributed by atoms with Crippen molar-refractivity contribution in [2.75, 3.05) is 0 Å². The summed E-state index contributed by atoms with van der Waals surface area (Å²) < 4.78 is 13.0. The Labute approximate surface area is 114 Å². The van der Waals surface area contributed by atoms with Crippen molar-refractivity contribution in [2.24, 2.45) is 0 Å². The number of para-hydroxylation sites is 2. The van der Waals surface area contributed by atoms with Gasteiger partial charge in [0.15, 0.2) is 0 Å². The van der Waals surface area contributed by atoms with Crippen molar-refractivity contribution in [1.29, 1.82) is 0 Å². The van der Waals surface area contributed by atoms with Crippen LogP contribution in [0.1, 0.15) is 0 Å². The highest BCUT2D eigenvalue weighted by Gasteiger charge is 2.02. The maximum absolute atomic E-state index is 5.60. The van der Waals surface area contributed by atoms with Crippen molar-refractivity contribution in [2.45, 2.75) is 0 Å². The Hall–Kier alpha value is -1.49. The molecule has 0 fully saturated rings. The predicted octanol–water partition coefficient (Wildman–Crippen LogP) is 4.38. The SMILES string of the molecule is IC=C(Oc1ccccc1)Oc1ccccc1. The number of rotatable bonds is 4. The molecule has 17 heavy (non-hydrogen) atoms. The minimum atomic E-state index is 0.461. The molecule has 0 amide bonds. The Morgan fingerprint density at radius 3 is 1.53 bits per heavy atom. The first kappa shape index (κ1) is 12.0. The first-order valence-electron chi connectivity index (χ1n) is 5.14. The van der Waals surface area contributed by atoms with Crippen LogP contribution in [-0.2, 0) is 0 Å². The van der Waals surface area contributed by atoms with Gasteiger partial charge in [-0.3, -0.25) is 0 Å². The topological polar surface area (TPSA) is 18.5 Å². The van der Waals surface area contributed by atoms with Gasteiger partial charge < -0.3 is 9.47 Å². The number of halogens is 1. The van der Waals surface area contributed by atoms with Crippen LogP contribution in [0.25, 0.3) is 0 Å². The van der Waals surface area contributed by atoms with Crippen LogP contribution in [0.2, 0.25) is 0 Å². The van der Waals surface area contributed by atoms with Crippen LogP contribution in [0, 0.1) is 0 Å². The lowest BCUT2D eigenvalue weighted by atomic mass is 10.3. The quantitative estimate of drug-likeness (QED) is 0.609. The highest BCUT2D eigenvalue weighted by Crippen LogP contribution is 2.18. The van der Waals surface area contributed by atoms with E-state index in [0.29, 0.717) is 5.95 Å². The molecule has 2 nitrogen and oxygen atoms in total. The fourth-order valence-corrected chi connectivity index (χ4v) is 1.53. The Morgan fingerprint density at radius 1 is 0.765 bits per heavy atom. The smallest absolute Gasteiger partial charge is 0.296 e.